The fourth-order valence-electron chi connectivity index (χ4n) is 3.13. The zero-order valence-electron chi connectivity index (χ0n) is 16.4. The molecule has 2 aromatic carbocycles. The molecule has 0 aromatic heterocycles. The van der Waals surface area contributed by atoms with Gasteiger partial charge in [0, 0.05) is 18.7 Å². The number of nitrogens with one attached hydrogen (secondary N) is 1. The van der Waals surface area contributed by atoms with E-state index in [-0.39, 0.29) is 16.8 Å². The highest BCUT2D eigenvalue weighted by molar-refractivity contribution is 7.89. The minimum atomic E-state index is -3.64. The average molecular weight is 403 g/mol. The van der Waals surface area contributed by atoms with Crippen LogP contribution >= 0.6 is 0 Å². The van der Waals surface area contributed by atoms with Crippen LogP contribution in [-0.4, -0.2) is 44.9 Å². The van der Waals surface area contributed by atoms with Gasteiger partial charge in [-0.2, -0.15) is 4.31 Å². The smallest absolute Gasteiger partial charge is 0.251 e. The van der Waals surface area contributed by atoms with E-state index in [1.807, 2.05) is 32.9 Å². The molecule has 0 saturated carbocycles. The number of carbonyl (C=O) groups excluding carboxylic acids is 1. The van der Waals surface area contributed by atoms with E-state index in [4.69, 9.17) is 4.74 Å². The summed E-state index contributed by atoms with van der Waals surface area (Å²) in [5.41, 5.74) is 3.69. The molecule has 0 spiro atoms. The van der Waals surface area contributed by atoms with Crippen molar-refractivity contribution in [1.82, 2.24) is 9.62 Å². The number of nitrogens with zero attached hydrogens (tertiary/aromatic N) is 1. The quantitative estimate of drug-likeness (QED) is 0.834. The molecular formula is C21H26N2O4S. The molecule has 150 valence electrons. The van der Waals surface area contributed by atoms with Crippen LogP contribution in [0.1, 0.15) is 40.0 Å². The van der Waals surface area contributed by atoms with E-state index >= 15 is 0 Å². The van der Waals surface area contributed by atoms with Crippen LogP contribution in [0.25, 0.3) is 0 Å². The Morgan fingerprint density at radius 3 is 2.46 bits per heavy atom. The van der Waals surface area contributed by atoms with Gasteiger partial charge in [0.05, 0.1) is 24.2 Å². The van der Waals surface area contributed by atoms with E-state index in [9.17, 15) is 13.2 Å². The molecule has 1 N–H and O–H groups in total. The SMILES string of the molecule is Cc1ccc(C(C)NC(=O)c2cccc(S(=O)(=O)N3CCOCC3)c2)cc1C. The third-order valence-corrected chi connectivity index (χ3v) is 6.98. The van der Waals surface area contributed by atoms with Crippen LogP contribution in [0.15, 0.2) is 47.4 Å². The summed E-state index contributed by atoms with van der Waals surface area (Å²) in [4.78, 5) is 12.8. The van der Waals surface area contributed by atoms with E-state index in [1.54, 1.807) is 12.1 Å². The Kier molecular flexibility index (Phi) is 6.17. The molecule has 6 nitrogen and oxygen atoms in total. The van der Waals surface area contributed by atoms with E-state index in [1.165, 1.54) is 22.0 Å². The fourth-order valence-corrected chi connectivity index (χ4v) is 4.59. The molecule has 1 unspecified atom stereocenters. The highest BCUT2D eigenvalue weighted by atomic mass is 32.2. The van der Waals surface area contributed by atoms with E-state index in [2.05, 4.69) is 11.4 Å². The first-order valence-electron chi connectivity index (χ1n) is 9.35. The van der Waals surface area contributed by atoms with E-state index in [0.29, 0.717) is 31.9 Å². The first kappa shape index (κ1) is 20.5. The number of carbonyl (C=O) groups is 1. The molecule has 1 aliphatic rings. The molecule has 28 heavy (non-hydrogen) atoms. The van der Waals surface area contributed by atoms with Crippen LogP contribution < -0.4 is 5.32 Å². The number of aryl methyl sites for hydroxylation is 2. The van der Waals surface area contributed by atoms with Gasteiger partial charge in [-0.15, -0.1) is 0 Å². The number of rotatable bonds is 5. The Hall–Kier alpha value is -2.22. The number of hydrogen-bond donors (Lipinski definition) is 1. The van der Waals surface area contributed by atoms with Crippen molar-refractivity contribution in [3.8, 4) is 0 Å². The van der Waals surface area contributed by atoms with Crippen molar-refractivity contribution in [3.63, 3.8) is 0 Å². The Balaban J connectivity index is 1.77. The van der Waals surface area contributed by atoms with Gasteiger partial charge in [-0.25, -0.2) is 8.42 Å². The average Bonchev–Trinajstić information content (AvgIpc) is 2.70. The Morgan fingerprint density at radius 1 is 1.07 bits per heavy atom. The lowest BCUT2D eigenvalue weighted by Crippen LogP contribution is -2.40. The maximum Gasteiger partial charge on any atom is 0.251 e. The van der Waals surface area contributed by atoms with Crippen molar-refractivity contribution >= 4 is 15.9 Å². The van der Waals surface area contributed by atoms with Crippen LogP contribution in [-0.2, 0) is 14.8 Å². The lowest BCUT2D eigenvalue weighted by molar-refractivity contribution is 0.0730. The molecule has 1 amide bonds. The summed E-state index contributed by atoms with van der Waals surface area (Å²) in [5, 5.41) is 2.95. The standard InChI is InChI=1S/C21H26N2O4S/c1-15-7-8-18(13-16(15)2)17(3)22-21(24)19-5-4-6-20(14-19)28(25,26)23-9-11-27-12-10-23/h4-8,13-14,17H,9-12H2,1-3H3,(H,22,24). The van der Waals surface area contributed by atoms with Crippen molar-refractivity contribution < 1.29 is 17.9 Å². The zero-order chi connectivity index (χ0) is 20.3. The first-order valence-corrected chi connectivity index (χ1v) is 10.8. The summed E-state index contributed by atoms with van der Waals surface area (Å²) in [6.07, 6.45) is 0. The van der Waals surface area contributed by atoms with E-state index < -0.39 is 10.0 Å². The summed E-state index contributed by atoms with van der Waals surface area (Å²) >= 11 is 0. The van der Waals surface area contributed by atoms with Gasteiger partial charge in [-0.1, -0.05) is 24.3 Å². The van der Waals surface area contributed by atoms with Gasteiger partial charge in [-0.3, -0.25) is 4.79 Å². The van der Waals surface area contributed by atoms with Gasteiger partial charge in [0.1, 0.15) is 0 Å². The minimum Gasteiger partial charge on any atom is -0.379 e. The highest BCUT2D eigenvalue weighted by Gasteiger charge is 2.27. The van der Waals surface area contributed by atoms with Crippen molar-refractivity contribution in [2.24, 2.45) is 0 Å². The molecule has 0 radical (unpaired) electrons. The summed E-state index contributed by atoms with van der Waals surface area (Å²) in [5.74, 6) is -0.301. The Bertz CT molecular complexity index is 966. The molecule has 0 bridgehead atoms. The number of morpholine rings is 1. The summed E-state index contributed by atoms with van der Waals surface area (Å²) in [7, 11) is -3.64. The van der Waals surface area contributed by atoms with Crippen molar-refractivity contribution in [2.75, 3.05) is 26.3 Å². The number of sulfonamides is 1. The van der Waals surface area contributed by atoms with Crippen LogP contribution in [0.2, 0.25) is 0 Å². The first-order chi connectivity index (χ1) is 13.3. The zero-order valence-corrected chi connectivity index (χ0v) is 17.3. The predicted octanol–water partition coefficient (Wildman–Crippen LogP) is 2.82. The summed E-state index contributed by atoms with van der Waals surface area (Å²) in [6, 6.07) is 12.1. The third kappa shape index (κ3) is 4.43. The van der Waals surface area contributed by atoms with Crippen molar-refractivity contribution in [3.05, 3.63) is 64.7 Å². The second-order valence-corrected chi connectivity index (χ2v) is 9.02. The molecule has 0 aliphatic carbocycles. The molecule has 1 fully saturated rings. The molecule has 7 heteroatoms. The summed E-state index contributed by atoms with van der Waals surface area (Å²) < 4.78 is 32.2. The van der Waals surface area contributed by atoms with Gasteiger partial charge in [0.2, 0.25) is 10.0 Å². The van der Waals surface area contributed by atoms with Crippen LogP contribution in [0.4, 0.5) is 0 Å². The third-order valence-electron chi connectivity index (χ3n) is 5.08. The van der Waals surface area contributed by atoms with Crippen LogP contribution in [0.3, 0.4) is 0 Å². The number of hydrogen-bond acceptors (Lipinski definition) is 4. The number of ether oxygens (including phenoxy) is 1. The number of amides is 1. The molecule has 1 heterocycles. The van der Waals surface area contributed by atoms with Crippen molar-refractivity contribution in [2.45, 2.75) is 31.7 Å². The summed E-state index contributed by atoms with van der Waals surface area (Å²) in [6.45, 7) is 7.40. The minimum absolute atomic E-state index is 0.126. The maximum atomic E-state index is 12.8. The maximum absolute atomic E-state index is 12.8. The predicted molar refractivity (Wildman–Crippen MR) is 108 cm³/mol. The molecule has 1 atom stereocenters. The van der Waals surface area contributed by atoms with Crippen LogP contribution in [0.5, 0.6) is 0 Å². The lowest BCUT2D eigenvalue weighted by atomic mass is 10.0. The second-order valence-electron chi connectivity index (χ2n) is 7.08. The molecule has 1 saturated heterocycles. The molecular weight excluding hydrogens is 376 g/mol. The van der Waals surface area contributed by atoms with Gasteiger partial charge >= 0.3 is 0 Å². The Morgan fingerprint density at radius 2 is 1.79 bits per heavy atom. The second kappa shape index (κ2) is 8.43. The largest absolute Gasteiger partial charge is 0.379 e. The van der Waals surface area contributed by atoms with Gasteiger partial charge in [0.15, 0.2) is 0 Å². The van der Waals surface area contributed by atoms with Gasteiger partial charge < -0.3 is 10.1 Å². The Labute approximate surface area is 166 Å². The topological polar surface area (TPSA) is 75.7 Å². The van der Waals surface area contributed by atoms with Gasteiger partial charge in [-0.05, 0) is 55.7 Å². The molecule has 2 aromatic rings. The van der Waals surface area contributed by atoms with Crippen LogP contribution in [0, 0.1) is 13.8 Å². The van der Waals surface area contributed by atoms with Crippen molar-refractivity contribution in [1.29, 1.82) is 0 Å². The monoisotopic (exact) mass is 402 g/mol. The van der Waals surface area contributed by atoms with E-state index in [0.717, 1.165) is 11.1 Å². The lowest BCUT2D eigenvalue weighted by Gasteiger charge is -2.26. The highest BCUT2D eigenvalue weighted by Crippen LogP contribution is 2.20. The van der Waals surface area contributed by atoms with Gasteiger partial charge in [0.25, 0.3) is 5.91 Å². The fraction of sp³-hybridized carbons (Fsp3) is 0.381. The molecule has 1 aliphatic heterocycles. The molecule has 3 rings (SSSR count). The normalized spacial score (nSPS) is 16.5. The number of benzene rings is 2.